The van der Waals surface area contributed by atoms with Gasteiger partial charge in [0.2, 0.25) is 0 Å². The van der Waals surface area contributed by atoms with Gasteiger partial charge < -0.3 is 0 Å². The maximum absolute atomic E-state index is 5.27. The molecule has 0 N–H and O–H groups in total. The third-order valence-electron chi connectivity index (χ3n) is 6.17. The van der Waals surface area contributed by atoms with Crippen molar-refractivity contribution < 1.29 is 0 Å². The van der Waals surface area contributed by atoms with Gasteiger partial charge in [-0.1, -0.05) is 155 Å². The van der Waals surface area contributed by atoms with Gasteiger partial charge in [0.05, 0.1) is 0 Å². The van der Waals surface area contributed by atoms with E-state index in [1.165, 1.54) is 154 Å². The first kappa shape index (κ1) is 27.6. The summed E-state index contributed by atoms with van der Waals surface area (Å²) in [4.78, 5) is 0. The minimum atomic E-state index is 0.971. The average molecular weight is 391 g/mol. The summed E-state index contributed by atoms with van der Waals surface area (Å²) in [5.74, 6) is 2.73. The van der Waals surface area contributed by atoms with Crippen molar-refractivity contribution in [2.45, 2.75) is 167 Å². The molecule has 28 heavy (non-hydrogen) atoms. The first-order valence-corrected chi connectivity index (χ1v) is 13.3. The molecule has 0 rings (SSSR count). The van der Waals surface area contributed by atoms with Crippen LogP contribution >= 0.6 is 0 Å². The van der Waals surface area contributed by atoms with Crippen LogP contribution in [-0.2, 0) is 0 Å². The van der Waals surface area contributed by atoms with Crippen molar-refractivity contribution in [3.63, 3.8) is 0 Å². The van der Waals surface area contributed by atoms with Gasteiger partial charge in [-0.15, -0.1) is 12.3 Å². The summed E-state index contributed by atoms with van der Waals surface area (Å²) in [5.41, 5.74) is 0. The van der Waals surface area contributed by atoms with Crippen molar-refractivity contribution in [1.82, 2.24) is 0 Å². The third kappa shape index (κ3) is 25.6. The molecule has 0 aliphatic rings. The molecule has 166 valence electrons. The van der Waals surface area contributed by atoms with Crippen molar-refractivity contribution in [3.05, 3.63) is 0 Å². The van der Waals surface area contributed by atoms with Crippen LogP contribution in [0.2, 0.25) is 0 Å². The summed E-state index contributed by atoms with van der Waals surface area (Å²) >= 11 is 0. The largest absolute Gasteiger partial charge is 0.120 e. The van der Waals surface area contributed by atoms with Gasteiger partial charge in [-0.05, 0) is 6.42 Å². The Balaban J connectivity index is 2.97. The van der Waals surface area contributed by atoms with Crippen LogP contribution in [0, 0.1) is 12.3 Å². The van der Waals surface area contributed by atoms with Gasteiger partial charge in [-0.2, -0.15) is 0 Å². The van der Waals surface area contributed by atoms with E-state index in [1.54, 1.807) is 0 Å². The minimum Gasteiger partial charge on any atom is -0.120 e. The van der Waals surface area contributed by atoms with Gasteiger partial charge in [0, 0.05) is 6.42 Å². The highest BCUT2D eigenvalue weighted by Crippen LogP contribution is 2.15. The Morgan fingerprint density at radius 2 is 0.571 bits per heavy atom. The molecule has 0 amide bonds. The maximum atomic E-state index is 5.27. The van der Waals surface area contributed by atoms with E-state index in [1.807, 2.05) is 0 Å². The molecule has 0 nitrogen and oxygen atoms in total. The zero-order valence-corrected chi connectivity index (χ0v) is 19.8. The van der Waals surface area contributed by atoms with Crippen molar-refractivity contribution in [2.24, 2.45) is 0 Å². The predicted octanol–water partition coefficient (Wildman–Crippen LogP) is 10.4. The second-order valence-electron chi connectivity index (χ2n) is 9.09. The molecule has 0 spiro atoms. The van der Waals surface area contributed by atoms with E-state index in [-0.39, 0.29) is 0 Å². The van der Waals surface area contributed by atoms with Gasteiger partial charge >= 0.3 is 0 Å². The lowest BCUT2D eigenvalue weighted by Gasteiger charge is -2.04. The first-order valence-electron chi connectivity index (χ1n) is 13.3. The molecule has 0 radical (unpaired) electrons. The van der Waals surface area contributed by atoms with Crippen LogP contribution in [0.1, 0.15) is 167 Å². The summed E-state index contributed by atoms with van der Waals surface area (Å²) in [6, 6.07) is 0. The summed E-state index contributed by atoms with van der Waals surface area (Å²) in [6.07, 6.45) is 41.0. The van der Waals surface area contributed by atoms with E-state index in [0.29, 0.717) is 0 Å². The van der Waals surface area contributed by atoms with E-state index < -0.39 is 0 Å². The molecule has 0 heteroatoms. The quantitative estimate of drug-likeness (QED) is 0.113. The summed E-state index contributed by atoms with van der Waals surface area (Å²) in [5, 5.41) is 0. The molecule has 0 bridgehead atoms. The Kier molecular flexibility index (Phi) is 26.1. The molecule has 0 aromatic carbocycles. The molecule has 0 aliphatic heterocycles. The lowest BCUT2D eigenvalue weighted by Crippen LogP contribution is -1.84. The monoisotopic (exact) mass is 390 g/mol. The molecule has 0 heterocycles. The van der Waals surface area contributed by atoms with E-state index in [9.17, 15) is 0 Å². The van der Waals surface area contributed by atoms with Gasteiger partial charge in [-0.25, -0.2) is 0 Å². The van der Waals surface area contributed by atoms with Crippen LogP contribution in [0.25, 0.3) is 0 Å². The van der Waals surface area contributed by atoms with Crippen molar-refractivity contribution in [3.8, 4) is 12.3 Å². The standard InChI is InChI=1S/C28H54/c1-3-5-7-9-11-13-15-17-19-21-23-25-27-28-26-24-22-20-18-16-14-12-10-8-6-4-2/h1H,4-28H2,2H3. The van der Waals surface area contributed by atoms with Crippen LogP contribution in [-0.4, -0.2) is 0 Å². The molecule has 0 unspecified atom stereocenters. The highest BCUT2D eigenvalue weighted by Gasteiger charge is 1.96. The van der Waals surface area contributed by atoms with Crippen molar-refractivity contribution in [1.29, 1.82) is 0 Å². The maximum Gasteiger partial charge on any atom is 0.00860 e. The summed E-state index contributed by atoms with van der Waals surface area (Å²) in [7, 11) is 0. The normalized spacial score (nSPS) is 11.0. The van der Waals surface area contributed by atoms with Gasteiger partial charge in [0.15, 0.2) is 0 Å². The zero-order valence-electron chi connectivity index (χ0n) is 19.8. The molecule has 0 fully saturated rings. The molecule has 0 saturated heterocycles. The second-order valence-corrected chi connectivity index (χ2v) is 9.09. The Morgan fingerprint density at radius 1 is 0.357 bits per heavy atom. The topological polar surface area (TPSA) is 0 Å². The Labute approximate surface area is 180 Å². The van der Waals surface area contributed by atoms with Gasteiger partial charge in [0.25, 0.3) is 0 Å². The lowest BCUT2D eigenvalue weighted by molar-refractivity contribution is 0.517. The number of hydrogen-bond donors (Lipinski definition) is 0. The van der Waals surface area contributed by atoms with Crippen LogP contribution < -0.4 is 0 Å². The van der Waals surface area contributed by atoms with E-state index in [4.69, 9.17) is 6.42 Å². The molecule has 0 aromatic rings. The molecule has 0 aliphatic carbocycles. The van der Waals surface area contributed by atoms with Crippen LogP contribution in [0.5, 0.6) is 0 Å². The fraction of sp³-hybridized carbons (Fsp3) is 0.929. The van der Waals surface area contributed by atoms with E-state index >= 15 is 0 Å². The lowest BCUT2D eigenvalue weighted by atomic mass is 10.0. The number of hydrogen-bond acceptors (Lipinski definition) is 0. The smallest absolute Gasteiger partial charge is 0.00860 e. The fourth-order valence-corrected chi connectivity index (χ4v) is 4.19. The van der Waals surface area contributed by atoms with Crippen LogP contribution in [0.3, 0.4) is 0 Å². The summed E-state index contributed by atoms with van der Waals surface area (Å²) < 4.78 is 0. The molecule has 0 atom stereocenters. The predicted molar refractivity (Wildman–Crippen MR) is 130 cm³/mol. The van der Waals surface area contributed by atoms with Crippen molar-refractivity contribution in [2.75, 3.05) is 0 Å². The molecule has 0 aromatic heterocycles. The molecular formula is C28H54. The number of rotatable bonds is 24. The molecule has 0 saturated carbocycles. The van der Waals surface area contributed by atoms with E-state index in [2.05, 4.69) is 12.8 Å². The van der Waals surface area contributed by atoms with Crippen LogP contribution in [0.15, 0.2) is 0 Å². The average Bonchev–Trinajstić information content (AvgIpc) is 2.71. The van der Waals surface area contributed by atoms with E-state index in [0.717, 1.165) is 6.42 Å². The minimum absolute atomic E-state index is 0.971. The van der Waals surface area contributed by atoms with Crippen molar-refractivity contribution >= 4 is 0 Å². The van der Waals surface area contributed by atoms with Gasteiger partial charge in [0.1, 0.15) is 0 Å². The summed E-state index contributed by atoms with van der Waals surface area (Å²) in [6.45, 7) is 2.30. The SMILES string of the molecule is C#CCCCCCCCCCCCCCCCCCCCCCCCCCC. The van der Waals surface area contributed by atoms with Crippen LogP contribution in [0.4, 0.5) is 0 Å². The molecular weight excluding hydrogens is 336 g/mol. The first-order chi connectivity index (χ1) is 13.9. The number of terminal acetylenes is 1. The van der Waals surface area contributed by atoms with Gasteiger partial charge in [-0.3, -0.25) is 0 Å². The third-order valence-corrected chi connectivity index (χ3v) is 6.17. The highest BCUT2D eigenvalue weighted by atomic mass is 14.0. The Bertz CT molecular complexity index is 298. The fourth-order valence-electron chi connectivity index (χ4n) is 4.19. The Hall–Kier alpha value is -0.440. The second kappa shape index (κ2) is 26.6. The highest BCUT2D eigenvalue weighted by molar-refractivity contribution is 4.82. The number of unbranched alkanes of at least 4 members (excludes halogenated alkanes) is 24. The zero-order chi connectivity index (χ0) is 20.4. The Morgan fingerprint density at radius 3 is 0.786 bits per heavy atom.